The SMILES string of the molecule is CC(CNC(=O)c1cn(C2CCNCC2)nn1)c1c(Cl)cccc1Cl. The number of amides is 1. The van der Waals surface area contributed by atoms with E-state index in [4.69, 9.17) is 23.2 Å². The van der Waals surface area contributed by atoms with E-state index in [2.05, 4.69) is 20.9 Å². The number of nitrogens with one attached hydrogen (secondary N) is 2. The summed E-state index contributed by atoms with van der Waals surface area (Å²) in [5.41, 5.74) is 1.17. The Balaban J connectivity index is 1.60. The fourth-order valence-corrected chi connectivity index (χ4v) is 3.82. The van der Waals surface area contributed by atoms with Crippen LogP contribution >= 0.6 is 23.2 Å². The third-order valence-corrected chi connectivity index (χ3v) is 5.15. The lowest BCUT2D eigenvalue weighted by Gasteiger charge is -2.22. The van der Waals surface area contributed by atoms with Gasteiger partial charge in [-0.3, -0.25) is 4.79 Å². The zero-order valence-electron chi connectivity index (χ0n) is 14.0. The van der Waals surface area contributed by atoms with Crippen molar-refractivity contribution in [2.75, 3.05) is 19.6 Å². The van der Waals surface area contributed by atoms with E-state index in [1.165, 1.54) is 0 Å². The molecule has 0 aliphatic carbocycles. The van der Waals surface area contributed by atoms with Gasteiger partial charge in [0.2, 0.25) is 0 Å². The van der Waals surface area contributed by atoms with E-state index in [0.29, 0.717) is 28.3 Å². The van der Waals surface area contributed by atoms with Gasteiger partial charge in [0.1, 0.15) is 0 Å². The Labute approximate surface area is 156 Å². The van der Waals surface area contributed by atoms with Crippen LogP contribution in [0.3, 0.4) is 0 Å². The molecule has 25 heavy (non-hydrogen) atoms. The van der Waals surface area contributed by atoms with Crippen LogP contribution in [-0.4, -0.2) is 40.5 Å². The minimum atomic E-state index is -0.241. The second kappa shape index (κ2) is 8.17. The van der Waals surface area contributed by atoms with Gasteiger partial charge in [0.25, 0.3) is 5.91 Å². The van der Waals surface area contributed by atoms with Crippen molar-refractivity contribution in [3.8, 4) is 0 Å². The van der Waals surface area contributed by atoms with Crippen molar-refractivity contribution in [1.82, 2.24) is 25.6 Å². The maximum atomic E-state index is 12.3. The normalized spacial score (nSPS) is 16.6. The standard InChI is InChI=1S/C17H21Cl2N5O/c1-11(16-13(18)3-2-4-14(16)19)9-21-17(25)15-10-24(23-22-15)12-5-7-20-8-6-12/h2-4,10-12,20H,5-9H2,1H3,(H,21,25). The molecule has 1 fully saturated rings. The Kier molecular flexibility index (Phi) is 5.93. The number of nitrogens with zero attached hydrogens (tertiary/aromatic N) is 3. The third kappa shape index (κ3) is 4.32. The molecule has 1 atom stereocenters. The van der Waals surface area contributed by atoms with E-state index < -0.39 is 0 Å². The zero-order valence-corrected chi connectivity index (χ0v) is 15.5. The maximum Gasteiger partial charge on any atom is 0.273 e. The lowest BCUT2D eigenvalue weighted by molar-refractivity contribution is 0.0946. The quantitative estimate of drug-likeness (QED) is 0.834. The lowest BCUT2D eigenvalue weighted by Crippen LogP contribution is -2.30. The van der Waals surface area contributed by atoms with E-state index in [1.54, 1.807) is 29.1 Å². The molecule has 2 N–H and O–H groups in total. The molecule has 1 saturated heterocycles. The summed E-state index contributed by atoms with van der Waals surface area (Å²) in [4.78, 5) is 12.3. The lowest BCUT2D eigenvalue weighted by atomic mass is 10.0. The van der Waals surface area contributed by atoms with Gasteiger partial charge >= 0.3 is 0 Å². The van der Waals surface area contributed by atoms with Gasteiger partial charge in [-0.05, 0) is 43.6 Å². The molecule has 1 amide bonds. The van der Waals surface area contributed by atoms with Gasteiger partial charge in [-0.1, -0.05) is 41.4 Å². The first-order valence-electron chi connectivity index (χ1n) is 8.41. The van der Waals surface area contributed by atoms with Crippen LogP contribution in [0.4, 0.5) is 0 Å². The van der Waals surface area contributed by atoms with Gasteiger partial charge in [0.05, 0.1) is 12.2 Å². The molecule has 2 heterocycles. The predicted octanol–water partition coefficient (Wildman–Crippen LogP) is 3.04. The molecule has 8 heteroatoms. The first-order chi connectivity index (χ1) is 12.1. The smallest absolute Gasteiger partial charge is 0.273 e. The van der Waals surface area contributed by atoms with E-state index >= 15 is 0 Å². The minimum Gasteiger partial charge on any atom is -0.350 e. The first-order valence-corrected chi connectivity index (χ1v) is 9.16. The summed E-state index contributed by atoms with van der Waals surface area (Å²) in [6.07, 6.45) is 3.71. The molecule has 0 spiro atoms. The Hall–Kier alpha value is -1.63. The van der Waals surface area contributed by atoms with Crippen molar-refractivity contribution in [1.29, 1.82) is 0 Å². The number of halogens is 2. The molecular formula is C17H21Cl2N5O. The number of carbonyl (C=O) groups excluding carboxylic acids is 1. The van der Waals surface area contributed by atoms with Crippen LogP contribution in [0.5, 0.6) is 0 Å². The fourth-order valence-electron chi connectivity index (χ4n) is 3.05. The van der Waals surface area contributed by atoms with Gasteiger partial charge in [0.15, 0.2) is 5.69 Å². The van der Waals surface area contributed by atoms with Crippen molar-refractivity contribution in [2.24, 2.45) is 0 Å². The summed E-state index contributed by atoms with van der Waals surface area (Å²) < 4.78 is 1.80. The van der Waals surface area contributed by atoms with Gasteiger partial charge in [0, 0.05) is 22.5 Å². The van der Waals surface area contributed by atoms with Crippen molar-refractivity contribution < 1.29 is 4.79 Å². The largest absolute Gasteiger partial charge is 0.350 e. The number of hydrogen-bond donors (Lipinski definition) is 2. The predicted molar refractivity (Wildman–Crippen MR) is 98.4 cm³/mol. The average Bonchev–Trinajstić information content (AvgIpc) is 3.10. The summed E-state index contributed by atoms with van der Waals surface area (Å²) in [6, 6.07) is 5.70. The molecule has 3 rings (SSSR count). The molecule has 1 aliphatic rings. The molecule has 2 aromatic rings. The summed E-state index contributed by atoms with van der Waals surface area (Å²) in [5, 5.41) is 15.5. The van der Waals surface area contributed by atoms with Crippen LogP contribution in [-0.2, 0) is 0 Å². The van der Waals surface area contributed by atoms with Crippen LogP contribution in [0.15, 0.2) is 24.4 Å². The molecule has 1 aromatic heterocycles. The molecule has 0 bridgehead atoms. The number of aromatic nitrogens is 3. The highest BCUT2D eigenvalue weighted by molar-refractivity contribution is 6.36. The molecule has 6 nitrogen and oxygen atoms in total. The third-order valence-electron chi connectivity index (χ3n) is 4.49. The molecule has 1 aromatic carbocycles. The number of rotatable bonds is 5. The fraction of sp³-hybridized carbons (Fsp3) is 0.471. The van der Waals surface area contributed by atoms with Crippen LogP contribution in [0, 0.1) is 0 Å². The van der Waals surface area contributed by atoms with Gasteiger partial charge < -0.3 is 10.6 Å². The first kappa shape index (κ1) is 18.2. The summed E-state index contributed by atoms with van der Waals surface area (Å²) in [7, 11) is 0. The molecule has 1 unspecified atom stereocenters. The Morgan fingerprint density at radius 1 is 1.36 bits per heavy atom. The highest BCUT2D eigenvalue weighted by Crippen LogP contribution is 2.31. The monoisotopic (exact) mass is 381 g/mol. The molecule has 1 aliphatic heterocycles. The van der Waals surface area contributed by atoms with Crippen molar-refractivity contribution in [3.05, 3.63) is 45.7 Å². The highest BCUT2D eigenvalue weighted by Gasteiger charge is 2.20. The number of hydrogen-bond acceptors (Lipinski definition) is 4. The van der Waals surface area contributed by atoms with Crippen LogP contribution in [0.2, 0.25) is 10.0 Å². The molecule has 0 saturated carbocycles. The number of benzene rings is 1. The van der Waals surface area contributed by atoms with E-state index in [9.17, 15) is 4.79 Å². The Morgan fingerprint density at radius 3 is 2.72 bits per heavy atom. The summed E-state index contributed by atoms with van der Waals surface area (Å²) in [6.45, 7) is 4.31. The minimum absolute atomic E-state index is 0.00962. The molecular weight excluding hydrogens is 361 g/mol. The summed E-state index contributed by atoms with van der Waals surface area (Å²) >= 11 is 12.4. The van der Waals surface area contributed by atoms with Crippen LogP contribution < -0.4 is 10.6 Å². The average molecular weight is 382 g/mol. The van der Waals surface area contributed by atoms with Gasteiger partial charge in [-0.15, -0.1) is 5.10 Å². The molecule has 0 radical (unpaired) electrons. The Morgan fingerprint density at radius 2 is 2.04 bits per heavy atom. The Bertz CT molecular complexity index is 722. The van der Waals surface area contributed by atoms with E-state index in [1.807, 2.05) is 6.92 Å². The van der Waals surface area contributed by atoms with Crippen molar-refractivity contribution in [3.63, 3.8) is 0 Å². The topological polar surface area (TPSA) is 71.8 Å². The summed E-state index contributed by atoms with van der Waals surface area (Å²) in [5.74, 6) is -0.250. The zero-order chi connectivity index (χ0) is 17.8. The molecule has 134 valence electrons. The van der Waals surface area contributed by atoms with E-state index in [0.717, 1.165) is 31.5 Å². The van der Waals surface area contributed by atoms with Crippen LogP contribution in [0.25, 0.3) is 0 Å². The second-order valence-electron chi connectivity index (χ2n) is 6.31. The van der Waals surface area contributed by atoms with Gasteiger partial charge in [-0.2, -0.15) is 0 Å². The van der Waals surface area contributed by atoms with Crippen molar-refractivity contribution in [2.45, 2.75) is 31.7 Å². The maximum absolute atomic E-state index is 12.3. The number of carbonyl (C=O) groups is 1. The highest BCUT2D eigenvalue weighted by atomic mass is 35.5. The van der Waals surface area contributed by atoms with E-state index in [-0.39, 0.29) is 11.8 Å². The number of piperidine rings is 1. The van der Waals surface area contributed by atoms with Gasteiger partial charge in [-0.25, -0.2) is 4.68 Å². The van der Waals surface area contributed by atoms with Crippen LogP contribution in [0.1, 0.15) is 47.8 Å². The second-order valence-corrected chi connectivity index (χ2v) is 7.13. The van der Waals surface area contributed by atoms with Crippen molar-refractivity contribution >= 4 is 29.1 Å².